The molecular formula is C15H18FNOS. The highest BCUT2D eigenvalue weighted by Crippen LogP contribution is 2.22. The Morgan fingerprint density at radius 2 is 2.05 bits per heavy atom. The molecule has 0 saturated carbocycles. The monoisotopic (exact) mass is 279 g/mol. The molecule has 0 atom stereocenters. The average Bonchev–Trinajstić information content (AvgIpc) is 2.71. The van der Waals surface area contributed by atoms with Crippen molar-refractivity contribution in [1.29, 1.82) is 0 Å². The molecule has 2 nitrogen and oxygen atoms in total. The first kappa shape index (κ1) is 14.0. The van der Waals surface area contributed by atoms with Crippen molar-refractivity contribution in [2.24, 2.45) is 0 Å². The Bertz CT molecular complexity index is 546. The molecule has 0 spiro atoms. The van der Waals surface area contributed by atoms with E-state index in [0.717, 1.165) is 6.54 Å². The molecule has 0 aliphatic rings. The molecule has 0 aliphatic heterocycles. The quantitative estimate of drug-likeness (QED) is 0.899. The van der Waals surface area contributed by atoms with Crippen LogP contribution in [0, 0.1) is 19.7 Å². The molecule has 1 aromatic carbocycles. The van der Waals surface area contributed by atoms with E-state index in [4.69, 9.17) is 4.74 Å². The largest absolute Gasteiger partial charge is 0.494 e. The summed E-state index contributed by atoms with van der Waals surface area (Å²) in [6.45, 7) is 5.48. The minimum atomic E-state index is -0.281. The molecule has 2 rings (SSSR count). The van der Waals surface area contributed by atoms with Crippen molar-refractivity contribution in [1.82, 2.24) is 5.32 Å². The van der Waals surface area contributed by atoms with Crippen LogP contribution in [0.4, 0.5) is 4.39 Å². The number of methoxy groups -OCH3 is 1. The van der Waals surface area contributed by atoms with Crippen LogP contribution in [0.2, 0.25) is 0 Å². The van der Waals surface area contributed by atoms with Crippen LogP contribution in [-0.2, 0) is 13.1 Å². The number of nitrogens with one attached hydrogen (secondary N) is 1. The van der Waals surface area contributed by atoms with Gasteiger partial charge in [-0.15, -0.1) is 11.3 Å². The molecule has 0 fully saturated rings. The van der Waals surface area contributed by atoms with Gasteiger partial charge >= 0.3 is 0 Å². The van der Waals surface area contributed by atoms with E-state index in [0.29, 0.717) is 17.9 Å². The van der Waals surface area contributed by atoms with E-state index in [9.17, 15) is 4.39 Å². The van der Waals surface area contributed by atoms with E-state index in [1.54, 1.807) is 29.5 Å². The van der Waals surface area contributed by atoms with Gasteiger partial charge in [-0.25, -0.2) is 4.39 Å². The Morgan fingerprint density at radius 1 is 1.26 bits per heavy atom. The van der Waals surface area contributed by atoms with E-state index in [2.05, 4.69) is 25.2 Å². The summed E-state index contributed by atoms with van der Waals surface area (Å²) in [4.78, 5) is 2.61. The lowest BCUT2D eigenvalue weighted by molar-refractivity contribution is 0.383. The molecule has 0 aliphatic carbocycles. The summed E-state index contributed by atoms with van der Waals surface area (Å²) in [5.41, 5.74) is 1.94. The summed E-state index contributed by atoms with van der Waals surface area (Å²) in [6.07, 6.45) is 0. The zero-order valence-electron chi connectivity index (χ0n) is 11.4. The van der Waals surface area contributed by atoms with Gasteiger partial charge in [-0.3, -0.25) is 0 Å². The molecule has 19 heavy (non-hydrogen) atoms. The molecule has 0 radical (unpaired) electrons. The van der Waals surface area contributed by atoms with Gasteiger partial charge in [0.2, 0.25) is 0 Å². The lowest BCUT2D eigenvalue weighted by Gasteiger charge is -2.08. The maximum absolute atomic E-state index is 13.9. The Balaban J connectivity index is 1.96. The van der Waals surface area contributed by atoms with Crippen LogP contribution in [0.1, 0.15) is 20.9 Å². The van der Waals surface area contributed by atoms with Gasteiger partial charge in [-0.1, -0.05) is 12.1 Å². The van der Waals surface area contributed by atoms with Crippen LogP contribution in [0.3, 0.4) is 0 Å². The van der Waals surface area contributed by atoms with Crippen molar-refractivity contribution in [3.8, 4) is 5.75 Å². The third-order valence-corrected chi connectivity index (χ3v) is 4.25. The number of thiophene rings is 1. The zero-order valence-corrected chi connectivity index (χ0v) is 12.2. The molecule has 102 valence electrons. The van der Waals surface area contributed by atoms with Crippen molar-refractivity contribution in [3.63, 3.8) is 0 Å². The summed E-state index contributed by atoms with van der Waals surface area (Å²) in [5.74, 6) is 0.0122. The van der Waals surface area contributed by atoms with Crippen molar-refractivity contribution >= 4 is 11.3 Å². The number of hydrogen-bond acceptors (Lipinski definition) is 3. The molecule has 0 unspecified atom stereocenters. The van der Waals surface area contributed by atoms with Crippen LogP contribution in [-0.4, -0.2) is 7.11 Å². The molecule has 0 amide bonds. The first-order valence-electron chi connectivity index (χ1n) is 6.20. The van der Waals surface area contributed by atoms with Crippen molar-refractivity contribution < 1.29 is 9.13 Å². The third-order valence-electron chi connectivity index (χ3n) is 3.09. The van der Waals surface area contributed by atoms with Crippen LogP contribution in [0.25, 0.3) is 0 Å². The van der Waals surface area contributed by atoms with Crippen LogP contribution in [0.15, 0.2) is 24.3 Å². The lowest BCUT2D eigenvalue weighted by Crippen LogP contribution is -2.13. The molecule has 0 saturated heterocycles. The number of aryl methyl sites for hydroxylation is 2. The van der Waals surface area contributed by atoms with Crippen molar-refractivity contribution in [2.75, 3.05) is 7.11 Å². The van der Waals surface area contributed by atoms with Crippen molar-refractivity contribution in [3.05, 3.63) is 51.0 Å². The fourth-order valence-corrected chi connectivity index (χ4v) is 2.93. The van der Waals surface area contributed by atoms with Crippen LogP contribution >= 0.6 is 11.3 Å². The van der Waals surface area contributed by atoms with Gasteiger partial charge in [-0.05, 0) is 31.5 Å². The maximum Gasteiger partial charge on any atom is 0.169 e. The van der Waals surface area contributed by atoms with Gasteiger partial charge in [0.05, 0.1) is 7.11 Å². The Hall–Kier alpha value is -1.39. The molecule has 2 aromatic rings. The normalized spacial score (nSPS) is 10.7. The van der Waals surface area contributed by atoms with E-state index in [1.165, 1.54) is 22.4 Å². The fourth-order valence-electron chi connectivity index (χ4n) is 1.91. The summed E-state index contributed by atoms with van der Waals surface area (Å²) >= 11 is 1.78. The van der Waals surface area contributed by atoms with Gasteiger partial charge < -0.3 is 10.1 Å². The maximum atomic E-state index is 13.9. The van der Waals surface area contributed by atoms with Gasteiger partial charge in [0, 0.05) is 28.4 Å². The van der Waals surface area contributed by atoms with E-state index < -0.39 is 0 Å². The number of hydrogen-bond donors (Lipinski definition) is 1. The van der Waals surface area contributed by atoms with Crippen molar-refractivity contribution in [2.45, 2.75) is 26.9 Å². The molecule has 1 N–H and O–H groups in total. The SMILES string of the molecule is COc1cccc(CNCc2cc(C)c(C)s2)c1F. The summed E-state index contributed by atoms with van der Waals surface area (Å²) in [5, 5.41) is 3.27. The predicted octanol–water partition coefficient (Wildman–Crippen LogP) is 3.80. The Labute approximate surface area is 117 Å². The van der Waals surface area contributed by atoms with Crippen LogP contribution in [0.5, 0.6) is 5.75 Å². The highest BCUT2D eigenvalue weighted by molar-refractivity contribution is 7.12. The Kier molecular flexibility index (Phi) is 4.56. The second kappa shape index (κ2) is 6.17. The topological polar surface area (TPSA) is 21.3 Å². The van der Waals surface area contributed by atoms with E-state index in [-0.39, 0.29) is 5.82 Å². The van der Waals surface area contributed by atoms with Gasteiger partial charge in [0.1, 0.15) is 0 Å². The van der Waals surface area contributed by atoms with Crippen LogP contribution < -0.4 is 10.1 Å². The molecule has 1 heterocycles. The van der Waals surface area contributed by atoms with Gasteiger partial charge in [0.15, 0.2) is 11.6 Å². The van der Waals surface area contributed by atoms with E-state index in [1.807, 2.05) is 0 Å². The highest BCUT2D eigenvalue weighted by atomic mass is 32.1. The number of benzene rings is 1. The molecule has 1 aromatic heterocycles. The highest BCUT2D eigenvalue weighted by Gasteiger charge is 2.08. The standard InChI is InChI=1S/C15H18FNOS/c1-10-7-13(19-11(10)2)9-17-8-12-5-4-6-14(18-3)15(12)16/h4-7,17H,8-9H2,1-3H3. The summed E-state index contributed by atoms with van der Waals surface area (Å²) in [7, 11) is 1.48. The minimum absolute atomic E-state index is 0.281. The summed E-state index contributed by atoms with van der Waals surface area (Å²) < 4.78 is 18.9. The number of halogens is 1. The number of rotatable bonds is 5. The number of ether oxygens (including phenoxy) is 1. The Morgan fingerprint density at radius 3 is 2.68 bits per heavy atom. The molecule has 4 heteroatoms. The van der Waals surface area contributed by atoms with Gasteiger partial charge in [-0.2, -0.15) is 0 Å². The van der Waals surface area contributed by atoms with Gasteiger partial charge in [0.25, 0.3) is 0 Å². The average molecular weight is 279 g/mol. The first-order chi connectivity index (χ1) is 9.11. The summed E-state index contributed by atoms with van der Waals surface area (Å²) in [6, 6.07) is 7.38. The first-order valence-corrected chi connectivity index (χ1v) is 7.01. The third kappa shape index (κ3) is 3.33. The molecule has 0 bridgehead atoms. The fraction of sp³-hybridized carbons (Fsp3) is 0.333. The van der Waals surface area contributed by atoms with E-state index >= 15 is 0 Å². The predicted molar refractivity (Wildman–Crippen MR) is 77.3 cm³/mol. The zero-order chi connectivity index (χ0) is 13.8. The lowest BCUT2D eigenvalue weighted by atomic mass is 10.2. The smallest absolute Gasteiger partial charge is 0.169 e. The molecular weight excluding hydrogens is 261 g/mol. The second-order valence-corrected chi connectivity index (χ2v) is 5.83. The second-order valence-electron chi connectivity index (χ2n) is 4.49. The minimum Gasteiger partial charge on any atom is -0.494 e.